The van der Waals surface area contributed by atoms with Gasteiger partial charge in [0.05, 0.1) is 11.1 Å². The first-order chi connectivity index (χ1) is 8.30. The second-order valence-electron chi connectivity index (χ2n) is 5.22. The Kier molecular flexibility index (Phi) is 5.20. The third-order valence-corrected chi connectivity index (χ3v) is 3.20. The monoisotopic (exact) mass is 313 g/mol. The minimum Gasteiger partial charge on any atom is -0.550 e. The molecule has 0 aliphatic rings. The number of carboxylic acid groups (broad SMARTS) is 1. The van der Waals surface area contributed by atoms with Crippen LogP contribution in [0, 0.1) is 0 Å². The topological polar surface area (TPSA) is 49.4 Å². The van der Waals surface area contributed by atoms with Crippen molar-refractivity contribution >= 4 is 21.9 Å². The molecule has 0 bridgehead atoms. The molecule has 0 aliphatic heterocycles. The highest BCUT2D eigenvalue weighted by molar-refractivity contribution is 9.10. The minimum absolute atomic E-state index is 0.0255. The van der Waals surface area contributed by atoms with Gasteiger partial charge in [-0.2, -0.15) is 0 Å². The zero-order chi connectivity index (χ0) is 13.8. The fourth-order valence-corrected chi connectivity index (χ4v) is 1.98. The van der Waals surface area contributed by atoms with Gasteiger partial charge in [-0.3, -0.25) is 0 Å². The Labute approximate surface area is 116 Å². The van der Waals surface area contributed by atoms with Gasteiger partial charge in [0.2, 0.25) is 0 Å². The summed E-state index contributed by atoms with van der Waals surface area (Å²) in [6.07, 6.45) is 0.480. The minimum atomic E-state index is -1.04. The van der Waals surface area contributed by atoms with Gasteiger partial charge < -0.3 is 14.6 Å². The predicted octanol–water partition coefficient (Wildman–Crippen LogP) is 2.66. The van der Waals surface area contributed by atoms with E-state index in [1.807, 2.05) is 18.2 Å². The Bertz CT molecular complexity index is 422. The van der Waals surface area contributed by atoms with Crippen molar-refractivity contribution in [3.8, 4) is 5.75 Å². The van der Waals surface area contributed by atoms with Crippen molar-refractivity contribution in [1.29, 1.82) is 0 Å². The molecule has 1 rings (SSSR count). The van der Waals surface area contributed by atoms with E-state index in [1.165, 1.54) is 5.56 Å². The van der Waals surface area contributed by atoms with Crippen LogP contribution in [0.5, 0.6) is 5.75 Å². The van der Waals surface area contributed by atoms with E-state index in [1.54, 1.807) is 0 Å². The van der Waals surface area contributed by atoms with E-state index in [0.717, 1.165) is 10.2 Å². The van der Waals surface area contributed by atoms with Crippen molar-refractivity contribution in [3.05, 3.63) is 28.2 Å². The number of carboxylic acids is 1. The maximum absolute atomic E-state index is 10.3. The van der Waals surface area contributed by atoms with Crippen molar-refractivity contribution < 1.29 is 14.6 Å². The van der Waals surface area contributed by atoms with Gasteiger partial charge in [0.1, 0.15) is 5.75 Å². The Hall–Kier alpha value is -1.03. The van der Waals surface area contributed by atoms with Gasteiger partial charge in [-0.25, -0.2) is 0 Å². The Morgan fingerprint density at radius 1 is 1.39 bits per heavy atom. The van der Waals surface area contributed by atoms with Crippen LogP contribution in [0.25, 0.3) is 0 Å². The van der Waals surface area contributed by atoms with Crippen LogP contribution in [0.4, 0.5) is 0 Å². The number of aliphatic carboxylic acids is 1. The second kappa shape index (κ2) is 6.23. The highest BCUT2D eigenvalue weighted by Gasteiger charge is 2.15. The van der Waals surface area contributed by atoms with Gasteiger partial charge >= 0.3 is 0 Å². The molecule has 4 heteroatoms. The number of hydrogen-bond acceptors (Lipinski definition) is 3. The zero-order valence-corrected chi connectivity index (χ0v) is 12.5. The number of benzene rings is 1. The van der Waals surface area contributed by atoms with E-state index in [0.29, 0.717) is 13.0 Å². The van der Waals surface area contributed by atoms with Crippen molar-refractivity contribution in [2.75, 3.05) is 6.61 Å². The third kappa shape index (κ3) is 4.69. The number of hydrogen-bond donors (Lipinski definition) is 0. The molecule has 0 radical (unpaired) electrons. The number of rotatable bonds is 5. The predicted molar refractivity (Wildman–Crippen MR) is 72.6 cm³/mol. The van der Waals surface area contributed by atoms with Gasteiger partial charge in [0, 0.05) is 5.97 Å². The van der Waals surface area contributed by atoms with E-state index in [-0.39, 0.29) is 11.8 Å². The largest absolute Gasteiger partial charge is 0.550 e. The molecule has 0 unspecified atom stereocenters. The summed E-state index contributed by atoms with van der Waals surface area (Å²) in [7, 11) is 0. The molecule has 1 aromatic carbocycles. The lowest BCUT2D eigenvalue weighted by atomic mass is 9.87. The van der Waals surface area contributed by atoms with Crippen LogP contribution in [-0.2, 0) is 10.2 Å². The summed E-state index contributed by atoms with van der Waals surface area (Å²) in [6, 6.07) is 5.97. The first-order valence-corrected chi connectivity index (χ1v) is 6.72. The molecule has 0 atom stereocenters. The van der Waals surface area contributed by atoms with Crippen LogP contribution in [0.2, 0.25) is 0 Å². The van der Waals surface area contributed by atoms with Crippen LogP contribution in [0.15, 0.2) is 22.7 Å². The molecule has 0 saturated carbocycles. The Morgan fingerprint density at radius 2 is 2.06 bits per heavy atom. The van der Waals surface area contributed by atoms with Crippen LogP contribution in [0.1, 0.15) is 39.2 Å². The van der Waals surface area contributed by atoms with Crippen LogP contribution in [0.3, 0.4) is 0 Å². The average Bonchev–Trinajstić information content (AvgIpc) is 2.24. The standard InChI is InChI=1S/C14H19BrO3/c1-14(2,3)10-6-7-12(11(15)9-10)18-8-4-5-13(16)17/h6-7,9H,4-5,8H2,1-3H3,(H,16,17)/p-1. The lowest BCUT2D eigenvalue weighted by Crippen LogP contribution is -2.22. The Balaban J connectivity index is 2.60. The first kappa shape index (κ1) is 15.0. The molecule has 0 spiro atoms. The van der Waals surface area contributed by atoms with Gasteiger partial charge in [-0.1, -0.05) is 26.8 Å². The van der Waals surface area contributed by atoms with Crippen molar-refractivity contribution in [2.24, 2.45) is 0 Å². The highest BCUT2D eigenvalue weighted by Crippen LogP contribution is 2.31. The summed E-state index contributed by atoms with van der Waals surface area (Å²) < 4.78 is 6.41. The molecule has 1 aromatic rings. The molecule has 0 amide bonds. The molecule has 0 fully saturated rings. The van der Waals surface area contributed by atoms with E-state index in [9.17, 15) is 9.90 Å². The van der Waals surface area contributed by atoms with E-state index in [4.69, 9.17) is 4.74 Å². The molecule has 18 heavy (non-hydrogen) atoms. The van der Waals surface area contributed by atoms with E-state index >= 15 is 0 Å². The smallest absolute Gasteiger partial charge is 0.133 e. The van der Waals surface area contributed by atoms with E-state index in [2.05, 4.69) is 36.7 Å². The molecule has 0 heterocycles. The van der Waals surface area contributed by atoms with Gasteiger partial charge in [-0.15, -0.1) is 0 Å². The summed E-state index contributed by atoms with van der Waals surface area (Å²) in [6.45, 7) is 6.82. The molecule has 3 nitrogen and oxygen atoms in total. The number of halogens is 1. The molecule has 0 saturated heterocycles. The molecule has 0 N–H and O–H groups in total. The van der Waals surface area contributed by atoms with Crippen molar-refractivity contribution in [3.63, 3.8) is 0 Å². The van der Waals surface area contributed by atoms with Gasteiger partial charge in [0.25, 0.3) is 0 Å². The summed E-state index contributed by atoms with van der Waals surface area (Å²) in [4.78, 5) is 10.3. The fraction of sp³-hybridized carbons (Fsp3) is 0.500. The van der Waals surface area contributed by atoms with Gasteiger partial charge in [-0.05, 0) is 51.9 Å². The summed E-state index contributed by atoms with van der Waals surface area (Å²) in [5.74, 6) is -0.304. The molecule has 0 aliphatic carbocycles. The summed E-state index contributed by atoms with van der Waals surface area (Å²) in [5.41, 5.74) is 1.31. The van der Waals surface area contributed by atoms with Crippen LogP contribution < -0.4 is 9.84 Å². The third-order valence-electron chi connectivity index (χ3n) is 2.58. The van der Waals surface area contributed by atoms with Gasteiger partial charge in [0.15, 0.2) is 0 Å². The number of carbonyl (C=O) groups excluding carboxylic acids is 1. The lowest BCUT2D eigenvalue weighted by molar-refractivity contribution is -0.305. The quantitative estimate of drug-likeness (QED) is 0.785. The summed E-state index contributed by atoms with van der Waals surface area (Å²) in [5, 5.41) is 10.3. The van der Waals surface area contributed by atoms with E-state index < -0.39 is 5.97 Å². The maximum Gasteiger partial charge on any atom is 0.133 e. The number of ether oxygens (including phenoxy) is 1. The SMILES string of the molecule is CC(C)(C)c1ccc(OCCCC(=O)[O-])c(Br)c1. The highest BCUT2D eigenvalue weighted by atomic mass is 79.9. The average molecular weight is 314 g/mol. The normalized spacial score (nSPS) is 11.3. The summed E-state index contributed by atoms with van der Waals surface area (Å²) >= 11 is 3.47. The zero-order valence-electron chi connectivity index (χ0n) is 11.0. The Morgan fingerprint density at radius 3 is 2.56 bits per heavy atom. The van der Waals surface area contributed by atoms with Crippen LogP contribution >= 0.6 is 15.9 Å². The molecular weight excluding hydrogens is 296 g/mol. The second-order valence-corrected chi connectivity index (χ2v) is 6.07. The van der Waals surface area contributed by atoms with Crippen molar-refractivity contribution in [1.82, 2.24) is 0 Å². The molecule has 100 valence electrons. The first-order valence-electron chi connectivity index (χ1n) is 5.93. The fourth-order valence-electron chi connectivity index (χ4n) is 1.48. The molecular formula is C14H18BrO3-. The molecule has 0 aromatic heterocycles. The lowest BCUT2D eigenvalue weighted by Gasteiger charge is -2.20. The van der Waals surface area contributed by atoms with Crippen LogP contribution in [-0.4, -0.2) is 12.6 Å². The van der Waals surface area contributed by atoms with Crippen molar-refractivity contribution in [2.45, 2.75) is 39.0 Å². The maximum atomic E-state index is 10.3. The number of carbonyl (C=O) groups is 1.